The van der Waals surface area contributed by atoms with Crippen LogP contribution in [0.4, 0.5) is 0 Å². The monoisotopic (exact) mass is 326 g/mol. The molecule has 1 unspecified atom stereocenters. The van der Waals surface area contributed by atoms with Crippen molar-refractivity contribution in [2.75, 3.05) is 6.61 Å². The first kappa shape index (κ1) is 18.5. The minimum Gasteiger partial charge on any atom is -0.493 e. The second kappa shape index (κ2) is 8.89. The maximum Gasteiger partial charge on any atom is 0.122 e. The predicted molar refractivity (Wildman–Crippen MR) is 101 cm³/mol. The SMILES string of the molecule is CCCCCOc1ccc(C(O)c2ccc(CC)cc2)c(C)c1C. The molecular weight excluding hydrogens is 296 g/mol. The molecule has 0 aliphatic heterocycles. The van der Waals surface area contributed by atoms with Crippen molar-refractivity contribution in [2.24, 2.45) is 0 Å². The van der Waals surface area contributed by atoms with Gasteiger partial charge in [0.2, 0.25) is 0 Å². The van der Waals surface area contributed by atoms with Gasteiger partial charge in [0.05, 0.1) is 6.61 Å². The third kappa shape index (κ3) is 4.39. The van der Waals surface area contributed by atoms with E-state index in [4.69, 9.17) is 4.74 Å². The van der Waals surface area contributed by atoms with Crippen molar-refractivity contribution in [3.63, 3.8) is 0 Å². The number of ether oxygens (including phenoxy) is 1. The molecule has 2 nitrogen and oxygen atoms in total. The minimum atomic E-state index is -0.594. The van der Waals surface area contributed by atoms with Gasteiger partial charge in [-0.25, -0.2) is 0 Å². The number of hydrogen-bond acceptors (Lipinski definition) is 2. The number of benzene rings is 2. The lowest BCUT2D eigenvalue weighted by Gasteiger charge is -2.19. The van der Waals surface area contributed by atoms with E-state index < -0.39 is 6.10 Å². The van der Waals surface area contributed by atoms with E-state index in [0.717, 1.165) is 47.5 Å². The van der Waals surface area contributed by atoms with Crippen LogP contribution in [-0.2, 0) is 6.42 Å². The van der Waals surface area contributed by atoms with E-state index in [1.54, 1.807) is 0 Å². The molecule has 2 rings (SSSR count). The molecule has 0 radical (unpaired) electrons. The van der Waals surface area contributed by atoms with Crippen molar-refractivity contribution < 1.29 is 9.84 Å². The van der Waals surface area contributed by atoms with Crippen LogP contribution >= 0.6 is 0 Å². The Labute approximate surface area is 146 Å². The molecule has 1 N–H and O–H groups in total. The average molecular weight is 326 g/mol. The van der Waals surface area contributed by atoms with Crippen LogP contribution in [0.15, 0.2) is 36.4 Å². The van der Waals surface area contributed by atoms with Crippen molar-refractivity contribution in [1.29, 1.82) is 0 Å². The van der Waals surface area contributed by atoms with Crippen LogP contribution in [-0.4, -0.2) is 11.7 Å². The van der Waals surface area contributed by atoms with Crippen molar-refractivity contribution >= 4 is 0 Å². The van der Waals surface area contributed by atoms with Crippen LogP contribution in [0.25, 0.3) is 0 Å². The smallest absolute Gasteiger partial charge is 0.122 e. The van der Waals surface area contributed by atoms with Crippen molar-refractivity contribution in [1.82, 2.24) is 0 Å². The summed E-state index contributed by atoms with van der Waals surface area (Å²) in [7, 11) is 0. The maximum atomic E-state index is 10.8. The van der Waals surface area contributed by atoms with Gasteiger partial charge in [-0.05, 0) is 60.6 Å². The molecule has 1 atom stereocenters. The van der Waals surface area contributed by atoms with Crippen LogP contribution in [0, 0.1) is 13.8 Å². The van der Waals surface area contributed by atoms with E-state index >= 15 is 0 Å². The molecule has 0 saturated carbocycles. The van der Waals surface area contributed by atoms with E-state index in [1.807, 2.05) is 24.3 Å². The predicted octanol–water partition coefficient (Wildman–Crippen LogP) is 5.52. The highest BCUT2D eigenvalue weighted by Gasteiger charge is 2.16. The summed E-state index contributed by atoms with van der Waals surface area (Å²) < 4.78 is 5.91. The number of aryl methyl sites for hydroxylation is 1. The largest absolute Gasteiger partial charge is 0.493 e. The molecule has 0 heterocycles. The van der Waals surface area contributed by atoms with Crippen molar-refractivity contribution in [2.45, 2.75) is 59.5 Å². The normalized spacial score (nSPS) is 12.2. The standard InChI is InChI=1S/C22H30O2/c1-5-7-8-15-24-21-14-13-20(16(3)17(21)4)22(23)19-11-9-18(6-2)10-12-19/h9-14,22-23H,5-8,15H2,1-4H3. The van der Waals surface area contributed by atoms with E-state index in [0.29, 0.717) is 0 Å². The molecule has 2 heteroatoms. The Bertz CT molecular complexity index is 644. The minimum absolute atomic E-state index is 0.594. The average Bonchev–Trinajstić information content (AvgIpc) is 2.61. The van der Waals surface area contributed by atoms with Gasteiger partial charge in [-0.3, -0.25) is 0 Å². The Morgan fingerprint density at radius 2 is 1.62 bits per heavy atom. The first-order valence-electron chi connectivity index (χ1n) is 9.08. The van der Waals surface area contributed by atoms with Crippen LogP contribution in [0.3, 0.4) is 0 Å². The summed E-state index contributed by atoms with van der Waals surface area (Å²) in [5.41, 5.74) is 5.40. The zero-order chi connectivity index (χ0) is 17.5. The summed E-state index contributed by atoms with van der Waals surface area (Å²) in [5.74, 6) is 0.931. The molecule has 2 aromatic rings. The first-order chi connectivity index (χ1) is 11.6. The van der Waals surface area contributed by atoms with Crippen LogP contribution < -0.4 is 4.74 Å². The fraction of sp³-hybridized carbons (Fsp3) is 0.455. The van der Waals surface area contributed by atoms with Crippen LogP contribution in [0.2, 0.25) is 0 Å². The van der Waals surface area contributed by atoms with Gasteiger partial charge in [-0.2, -0.15) is 0 Å². The highest BCUT2D eigenvalue weighted by atomic mass is 16.5. The topological polar surface area (TPSA) is 29.5 Å². The van der Waals surface area contributed by atoms with E-state index in [9.17, 15) is 5.11 Å². The summed E-state index contributed by atoms with van der Waals surface area (Å²) in [4.78, 5) is 0. The van der Waals surface area contributed by atoms with Gasteiger partial charge in [0, 0.05) is 0 Å². The molecule has 0 spiro atoms. The van der Waals surface area contributed by atoms with Gasteiger partial charge in [0.25, 0.3) is 0 Å². The lowest BCUT2D eigenvalue weighted by atomic mass is 9.93. The molecule has 0 aromatic heterocycles. The number of aliphatic hydroxyl groups excluding tert-OH is 1. The van der Waals surface area contributed by atoms with Crippen molar-refractivity contribution in [3.05, 3.63) is 64.2 Å². The number of rotatable bonds is 8. The number of unbranched alkanes of at least 4 members (excludes halogenated alkanes) is 2. The summed E-state index contributed by atoms with van der Waals surface area (Å²) >= 11 is 0. The van der Waals surface area contributed by atoms with Gasteiger partial charge in [-0.1, -0.05) is 57.0 Å². The third-order valence-electron chi connectivity index (χ3n) is 4.78. The Balaban J connectivity index is 2.16. The van der Waals surface area contributed by atoms with Gasteiger partial charge in [-0.15, -0.1) is 0 Å². The lowest BCUT2D eigenvalue weighted by Crippen LogP contribution is -2.06. The quantitative estimate of drug-likeness (QED) is 0.648. The van der Waals surface area contributed by atoms with Crippen LogP contribution in [0.1, 0.15) is 67.0 Å². The fourth-order valence-corrected chi connectivity index (χ4v) is 2.92. The molecule has 130 valence electrons. The molecule has 2 aromatic carbocycles. The second-order valence-corrected chi connectivity index (χ2v) is 6.46. The zero-order valence-electron chi connectivity index (χ0n) is 15.4. The molecule has 0 amide bonds. The summed E-state index contributed by atoms with van der Waals surface area (Å²) in [6.07, 6.45) is 3.90. The Morgan fingerprint density at radius 3 is 2.25 bits per heavy atom. The maximum absolute atomic E-state index is 10.8. The molecule has 0 saturated heterocycles. The van der Waals surface area contributed by atoms with Gasteiger partial charge >= 0.3 is 0 Å². The molecular formula is C22H30O2. The summed E-state index contributed by atoms with van der Waals surface area (Å²) in [5, 5.41) is 10.8. The van der Waals surface area contributed by atoms with Gasteiger partial charge in [0.15, 0.2) is 0 Å². The second-order valence-electron chi connectivity index (χ2n) is 6.46. The van der Waals surface area contributed by atoms with E-state index in [1.165, 1.54) is 18.4 Å². The molecule has 0 aliphatic rings. The zero-order valence-corrected chi connectivity index (χ0v) is 15.4. The molecule has 24 heavy (non-hydrogen) atoms. The Kier molecular flexibility index (Phi) is 6.86. The third-order valence-corrected chi connectivity index (χ3v) is 4.78. The molecule has 0 bridgehead atoms. The Hall–Kier alpha value is -1.80. The lowest BCUT2D eigenvalue weighted by molar-refractivity contribution is 0.219. The first-order valence-corrected chi connectivity index (χ1v) is 9.08. The summed E-state index contributed by atoms with van der Waals surface area (Å²) in [6.45, 7) is 9.22. The molecule has 0 aliphatic carbocycles. The summed E-state index contributed by atoms with van der Waals surface area (Å²) in [6, 6.07) is 12.2. The van der Waals surface area contributed by atoms with E-state index in [2.05, 4.69) is 39.8 Å². The molecule has 0 fully saturated rings. The van der Waals surface area contributed by atoms with E-state index in [-0.39, 0.29) is 0 Å². The van der Waals surface area contributed by atoms with Gasteiger partial charge < -0.3 is 9.84 Å². The number of aliphatic hydroxyl groups is 1. The Morgan fingerprint density at radius 1 is 0.917 bits per heavy atom. The van der Waals surface area contributed by atoms with Gasteiger partial charge in [0.1, 0.15) is 11.9 Å². The van der Waals surface area contributed by atoms with Crippen LogP contribution in [0.5, 0.6) is 5.75 Å². The highest BCUT2D eigenvalue weighted by Crippen LogP contribution is 2.31. The van der Waals surface area contributed by atoms with Crippen molar-refractivity contribution in [3.8, 4) is 5.75 Å². The number of hydrogen-bond donors (Lipinski definition) is 1. The fourth-order valence-electron chi connectivity index (χ4n) is 2.92. The highest BCUT2D eigenvalue weighted by molar-refractivity contribution is 5.46.